The summed E-state index contributed by atoms with van der Waals surface area (Å²) in [6.45, 7) is 3.91. The molecule has 2 nitrogen and oxygen atoms in total. The monoisotopic (exact) mass is 221 g/mol. The second kappa shape index (κ2) is 3.89. The molecule has 2 atom stereocenters. The van der Waals surface area contributed by atoms with Gasteiger partial charge in [-0.1, -0.05) is 38.1 Å². The Morgan fingerprint density at radius 1 is 1.50 bits per heavy atom. The molecule has 1 aliphatic carbocycles. The lowest BCUT2D eigenvalue weighted by Gasteiger charge is -2.08. The van der Waals surface area contributed by atoms with Crippen molar-refractivity contribution in [3.8, 4) is 0 Å². The molecule has 0 aliphatic heterocycles. The van der Waals surface area contributed by atoms with Crippen LogP contribution in [0.1, 0.15) is 37.3 Å². The van der Waals surface area contributed by atoms with Gasteiger partial charge in [0.1, 0.15) is 0 Å². The van der Waals surface area contributed by atoms with Crippen LogP contribution in [0.2, 0.25) is 0 Å². The summed E-state index contributed by atoms with van der Waals surface area (Å²) in [5.74, 6) is -0.341. The largest absolute Gasteiger partial charge is 0.272 e. The number of hydrogen-bond donors (Lipinski definition) is 1. The Hall–Kier alpha value is -1.38. The first-order valence-corrected chi connectivity index (χ1v) is 5.61. The molecule has 0 spiro atoms. The molecule has 0 bridgehead atoms. The van der Waals surface area contributed by atoms with Gasteiger partial charge >= 0.3 is 0 Å². The summed E-state index contributed by atoms with van der Waals surface area (Å²) in [5.41, 5.74) is 3.10. The first-order valence-electron chi connectivity index (χ1n) is 5.61. The molecule has 1 aromatic carbocycles. The van der Waals surface area contributed by atoms with Crippen LogP contribution in [0, 0.1) is 5.41 Å². The first kappa shape index (κ1) is 11.1. The lowest BCUT2D eigenvalue weighted by atomic mass is 9.99. The van der Waals surface area contributed by atoms with E-state index in [1.54, 1.807) is 6.92 Å². The zero-order valence-electron chi connectivity index (χ0n) is 9.59. The highest BCUT2D eigenvalue weighted by molar-refractivity contribution is 5.86. The fourth-order valence-electron chi connectivity index (χ4n) is 2.20. The van der Waals surface area contributed by atoms with Crippen molar-refractivity contribution in [3.05, 3.63) is 35.4 Å². The van der Waals surface area contributed by atoms with Crippen LogP contribution in [0.3, 0.4) is 0 Å². The molecule has 0 saturated heterocycles. The van der Waals surface area contributed by atoms with Crippen LogP contribution >= 0.6 is 0 Å². The predicted molar refractivity (Wildman–Crippen MR) is 60.5 cm³/mol. The molecule has 2 unspecified atom stereocenters. The average molecular weight is 221 g/mol. The highest BCUT2D eigenvalue weighted by atomic mass is 19.2. The normalized spacial score (nSPS) is 27.6. The fourth-order valence-corrected chi connectivity index (χ4v) is 2.20. The van der Waals surface area contributed by atoms with Gasteiger partial charge in [0.2, 0.25) is 0 Å². The number of halogens is 1. The van der Waals surface area contributed by atoms with E-state index in [4.69, 9.17) is 0 Å². The molecule has 1 amide bonds. The van der Waals surface area contributed by atoms with Crippen LogP contribution in [0.5, 0.6) is 0 Å². The molecule has 1 N–H and O–H groups in total. The lowest BCUT2D eigenvalue weighted by Crippen LogP contribution is -2.24. The van der Waals surface area contributed by atoms with E-state index < -0.39 is 11.3 Å². The molecule has 0 aromatic heterocycles. The van der Waals surface area contributed by atoms with Gasteiger partial charge in [0, 0.05) is 0 Å². The minimum Gasteiger partial charge on any atom is -0.272 e. The summed E-state index contributed by atoms with van der Waals surface area (Å²) in [5, 5.41) is 0. The van der Waals surface area contributed by atoms with Crippen LogP contribution in [-0.4, -0.2) is 5.91 Å². The average Bonchev–Trinajstić information content (AvgIpc) is 3.02. The van der Waals surface area contributed by atoms with Gasteiger partial charge in [0.25, 0.3) is 5.91 Å². The Kier molecular flexibility index (Phi) is 2.70. The van der Waals surface area contributed by atoms with E-state index in [9.17, 15) is 9.28 Å². The van der Waals surface area contributed by atoms with Crippen molar-refractivity contribution >= 4 is 5.91 Å². The Balaban J connectivity index is 2.13. The third-order valence-corrected chi connectivity index (χ3v) is 3.63. The Labute approximate surface area is 94.8 Å². The Morgan fingerprint density at radius 3 is 2.62 bits per heavy atom. The van der Waals surface area contributed by atoms with Crippen molar-refractivity contribution in [2.45, 2.75) is 32.6 Å². The Morgan fingerprint density at radius 2 is 2.12 bits per heavy atom. The third-order valence-electron chi connectivity index (χ3n) is 3.63. The van der Waals surface area contributed by atoms with Gasteiger partial charge < -0.3 is 0 Å². The van der Waals surface area contributed by atoms with Gasteiger partial charge in [-0.3, -0.25) is 4.79 Å². The SMILES string of the molecule is CCc1ccc(C2CC2(C)C(=O)NF)cc1. The van der Waals surface area contributed by atoms with Crippen LogP contribution < -0.4 is 5.54 Å². The summed E-state index contributed by atoms with van der Waals surface area (Å²) in [4.78, 5) is 11.3. The first-order chi connectivity index (χ1) is 7.61. The van der Waals surface area contributed by atoms with E-state index in [-0.39, 0.29) is 5.92 Å². The van der Waals surface area contributed by atoms with Gasteiger partial charge in [0.05, 0.1) is 5.41 Å². The van der Waals surface area contributed by atoms with Crippen LogP contribution in [-0.2, 0) is 11.2 Å². The molecule has 86 valence electrons. The molecule has 2 rings (SSSR count). The molecular weight excluding hydrogens is 205 g/mol. The van der Waals surface area contributed by atoms with Gasteiger partial charge in [0.15, 0.2) is 0 Å². The molecule has 1 fully saturated rings. The van der Waals surface area contributed by atoms with Crippen molar-refractivity contribution in [1.82, 2.24) is 5.54 Å². The summed E-state index contributed by atoms with van der Waals surface area (Å²) < 4.78 is 12.1. The van der Waals surface area contributed by atoms with Crippen LogP contribution in [0.15, 0.2) is 24.3 Å². The van der Waals surface area contributed by atoms with Crippen molar-refractivity contribution in [1.29, 1.82) is 0 Å². The minimum absolute atomic E-state index is 0.161. The number of carbonyl (C=O) groups is 1. The predicted octanol–water partition coefficient (Wildman–Crippen LogP) is 2.74. The second-order valence-corrected chi connectivity index (χ2v) is 4.69. The number of carbonyl (C=O) groups excluding carboxylic acids is 1. The minimum atomic E-state index is -0.553. The number of amides is 1. The van der Waals surface area contributed by atoms with Gasteiger partial charge in [-0.2, -0.15) is 5.54 Å². The number of nitrogens with one attached hydrogen (secondary N) is 1. The summed E-state index contributed by atoms with van der Waals surface area (Å²) in [6.07, 6.45) is 1.74. The summed E-state index contributed by atoms with van der Waals surface area (Å²) >= 11 is 0. The highest BCUT2D eigenvalue weighted by Crippen LogP contribution is 2.59. The standard InChI is InChI=1S/C13H16FNO/c1-3-9-4-6-10(7-5-9)11-8-13(11,2)12(16)15-14/h4-7,11H,3,8H2,1-2H3,(H,15,16). The third kappa shape index (κ3) is 1.70. The number of aryl methyl sites for hydroxylation is 1. The van der Waals surface area contributed by atoms with E-state index in [0.29, 0.717) is 0 Å². The van der Waals surface area contributed by atoms with Gasteiger partial charge in [-0.25, -0.2) is 0 Å². The summed E-state index contributed by atoms with van der Waals surface area (Å²) in [6, 6.07) is 8.23. The molecule has 1 aromatic rings. The van der Waals surface area contributed by atoms with Crippen LogP contribution in [0.25, 0.3) is 0 Å². The molecule has 0 heterocycles. The van der Waals surface area contributed by atoms with Gasteiger partial charge in [-0.05, 0) is 29.9 Å². The number of rotatable bonds is 3. The zero-order valence-corrected chi connectivity index (χ0v) is 9.59. The van der Waals surface area contributed by atoms with E-state index in [1.165, 1.54) is 11.1 Å². The van der Waals surface area contributed by atoms with Crippen molar-refractivity contribution < 1.29 is 9.28 Å². The zero-order chi connectivity index (χ0) is 11.8. The van der Waals surface area contributed by atoms with E-state index >= 15 is 0 Å². The van der Waals surface area contributed by atoms with Crippen molar-refractivity contribution in [2.75, 3.05) is 0 Å². The fraction of sp³-hybridized carbons (Fsp3) is 0.462. The van der Waals surface area contributed by atoms with Gasteiger partial charge in [-0.15, -0.1) is 4.48 Å². The molecule has 1 aliphatic rings. The number of hydrogen-bond acceptors (Lipinski definition) is 1. The quantitative estimate of drug-likeness (QED) is 0.781. The number of benzene rings is 1. The molecule has 3 heteroatoms. The molecule has 1 saturated carbocycles. The Bertz CT molecular complexity index is 401. The smallest absolute Gasteiger partial charge is 0.254 e. The molecule has 16 heavy (non-hydrogen) atoms. The van der Waals surface area contributed by atoms with Crippen LogP contribution in [0.4, 0.5) is 4.48 Å². The van der Waals surface area contributed by atoms with Crippen molar-refractivity contribution in [2.24, 2.45) is 5.41 Å². The topological polar surface area (TPSA) is 29.1 Å². The summed E-state index contributed by atoms with van der Waals surface area (Å²) in [7, 11) is 0. The maximum absolute atomic E-state index is 12.1. The van der Waals surface area contributed by atoms with E-state index in [2.05, 4.69) is 19.1 Å². The highest BCUT2D eigenvalue weighted by Gasteiger charge is 2.56. The van der Waals surface area contributed by atoms with Crippen molar-refractivity contribution in [3.63, 3.8) is 0 Å². The maximum atomic E-state index is 12.1. The molecular formula is C13H16FNO. The maximum Gasteiger partial charge on any atom is 0.254 e. The second-order valence-electron chi connectivity index (χ2n) is 4.69. The van der Waals surface area contributed by atoms with E-state index in [0.717, 1.165) is 18.4 Å². The lowest BCUT2D eigenvalue weighted by molar-refractivity contribution is -0.130. The van der Waals surface area contributed by atoms with E-state index in [1.807, 2.05) is 12.1 Å². The molecule has 0 radical (unpaired) electrons.